The van der Waals surface area contributed by atoms with Gasteiger partial charge in [-0.25, -0.2) is 9.67 Å². The zero-order valence-corrected chi connectivity index (χ0v) is 11.0. The van der Waals surface area contributed by atoms with Crippen molar-refractivity contribution in [2.75, 3.05) is 18.9 Å². The van der Waals surface area contributed by atoms with Gasteiger partial charge in [0.05, 0.1) is 6.61 Å². The smallest absolute Gasteiger partial charge is 0.244 e. The molecule has 0 atom stereocenters. The van der Waals surface area contributed by atoms with Crippen LogP contribution in [0.5, 0.6) is 0 Å². The molecule has 0 saturated carbocycles. The van der Waals surface area contributed by atoms with Crippen molar-refractivity contribution in [1.82, 2.24) is 19.7 Å². The third kappa shape index (κ3) is 3.79. The van der Waals surface area contributed by atoms with E-state index in [1.807, 2.05) is 30.3 Å². The molecule has 7 nitrogen and oxygen atoms in total. The lowest BCUT2D eigenvalue weighted by molar-refractivity contribution is -0.133. The number of aliphatic hydroxyl groups is 1. The van der Waals surface area contributed by atoms with E-state index >= 15 is 0 Å². The molecule has 2 aromatic rings. The van der Waals surface area contributed by atoms with Crippen molar-refractivity contribution in [3.8, 4) is 0 Å². The number of rotatable bonds is 6. The largest absolute Gasteiger partial charge is 0.395 e. The number of hydrogen-bond donors (Lipinski definition) is 2. The van der Waals surface area contributed by atoms with Crippen molar-refractivity contribution >= 4 is 11.9 Å². The second kappa shape index (κ2) is 6.67. The quantitative estimate of drug-likeness (QED) is 0.766. The number of carbonyl (C=O) groups is 1. The van der Waals surface area contributed by atoms with E-state index in [4.69, 9.17) is 10.8 Å². The summed E-state index contributed by atoms with van der Waals surface area (Å²) in [5.41, 5.74) is 6.41. The average molecular weight is 275 g/mol. The van der Waals surface area contributed by atoms with Crippen LogP contribution in [0, 0.1) is 0 Å². The van der Waals surface area contributed by atoms with Crippen molar-refractivity contribution in [1.29, 1.82) is 0 Å². The van der Waals surface area contributed by atoms with Gasteiger partial charge in [0.25, 0.3) is 0 Å². The highest BCUT2D eigenvalue weighted by atomic mass is 16.3. The number of nitrogens with two attached hydrogens (primary N) is 1. The van der Waals surface area contributed by atoms with Crippen molar-refractivity contribution < 1.29 is 9.90 Å². The standard InChI is InChI=1S/C13H17N5O2/c14-13-15-10-18(16-13)9-12(20)17(6-7-19)8-11-4-2-1-3-5-11/h1-5,10,19H,6-9H2,(H2,14,16). The molecule has 0 fully saturated rings. The predicted molar refractivity (Wildman–Crippen MR) is 73.4 cm³/mol. The SMILES string of the molecule is Nc1ncn(CC(=O)N(CCO)Cc2ccccc2)n1. The molecule has 20 heavy (non-hydrogen) atoms. The molecular formula is C13H17N5O2. The van der Waals surface area contributed by atoms with Crippen LogP contribution in [0.3, 0.4) is 0 Å². The molecule has 1 heterocycles. The van der Waals surface area contributed by atoms with Crippen molar-refractivity contribution in [2.45, 2.75) is 13.1 Å². The summed E-state index contributed by atoms with van der Waals surface area (Å²) in [5.74, 6) is -0.0117. The normalized spacial score (nSPS) is 10.4. The number of hydrogen-bond acceptors (Lipinski definition) is 5. The highest BCUT2D eigenvalue weighted by molar-refractivity contribution is 5.75. The maximum atomic E-state index is 12.2. The van der Waals surface area contributed by atoms with E-state index in [-0.39, 0.29) is 31.6 Å². The van der Waals surface area contributed by atoms with E-state index in [1.165, 1.54) is 11.0 Å². The highest BCUT2D eigenvalue weighted by Gasteiger charge is 2.14. The zero-order valence-electron chi connectivity index (χ0n) is 11.0. The molecule has 0 aliphatic carbocycles. The third-order valence-corrected chi connectivity index (χ3v) is 2.79. The fraction of sp³-hybridized carbons (Fsp3) is 0.308. The van der Waals surface area contributed by atoms with Crippen molar-refractivity contribution in [3.63, 3.8) is 0 Å². The molecule has 0 bridgehead atoms. The molecule has 2 rings (SSSR count). The van der Waals surface area contributed by atoms with Gasteiger partial charge in [-0.3, -0.25) is 4.79 Å². The Bertz CT molecular complexity index is 555. The maximum Gasteiger partial charge on any atom is 0.244 e. The van der Waals surface area contributed by atoms with Gasteiger partial charge in [-0.1, -0.05) is 30.3 Å². The summed E-state index contributed by atoms with van der Waals surface area (Å²) in [4.78, 5) is 17.5. The van der Waals surface area contributed by atoms with E-state index in [0.29, 0.717) is 6.54 Å². The Hall–Kier alpha value is -2.41. The minimum atomic E-state index is -0.146. The zero-order chi connectivity index (χ0) is 14.4. The van der Waals surface area contributed by atoms with Crippen molar-refractivity contribution in [3.05, 3.63) is 42.2 Å². The van der Waals surface area contributed by atoms with Gasteiger partial charge in [0.15, 0.2) is 0 Å². The van der Waals surface area contributed by atoms with Crippen molar-refractivity contribution in [2.24, 2.45) is 0 Å². The lowest BCUT2D eigenvalue weighted by Crippen LogP contribution is -2.35. The molecular weight excluding hydrogens is 258 g/mol. The number of carbonyl (C=O) groups excluding carboxylic acids is 1. The van der Waals surface area contributed by atoms with Gasteiger partial charge in [-0.05, 0) is 5.56 Å². The van der Waals surface area contributed by atoms with E-state index in [0.717, 1.165) is 5.56 Å². The van der Waals surface area contributed by atoms with Gasteiger partial charge < -0.3 is 15.7 Å². The summed E-state index contributed by atoms with van der Waals surface area (Å²) in [6.45, 7) is 0.692. The van der Waals surface area contributed by atoms with Gasteiger partial charge in [-0.15, -0.1) is 5.10 Å². The Balaban J connectivity index is 2.02. The molecule has 0 aliphatic rings. The molecule has 0 unspecified atom stereocenters. The topological polar surface area (TPSA) is 97.3 Å². The van der Waals surface area contributed by atoms with E-state index < -0.39 is 0 Å². The Morgan fingerprint density at radius 3 is 2.70 bits per heavy atom. The van der Waals surface area contributed by atoms with Gasteiger partial charge in [-0.2, -0.15) is 0 Å². The lowest BCUT2D eigenvalue weighted by Gasteiger charge is -2.21. The molecule has 1 amide bonds. The van der Waals surface area contributed by atoms with E-state index in [1.54, 1.807) is 4.90 Å². The van der Waals surface area contributed by atoms with Crippen LogP contribution in [0.25, 0.3) is 0 Å². The predicted octanol–water partition coefficient (Wildman–Crippen LogP) is -0.119. The van der Waals surface area contributed by atoms with Crippen LogP contribution in [0.2, 0.25) is 0 Å². The van der Waals surface area contributed by atoms with E-state index in [2.05, 4.69) is 10.1 Å². The number of aliphatic hydroxyl groups excluding tert-OH is 1. The summed E-state index contributed by atoms with van der Waals surface area (Å²) >= 11 is 0. The fourth-order valence-corrected chi connectivity index (χ4v) is 1.84. The molecule has 7 heteroatoms. The summed E-state index contributed by atoms with van der Waals surface area (Å²) < 4.78 is 1.38. The fourth-order valence-electron chi connectivity index (χ4n) is 1.84. The molecule has 1 aromatic carbocycles. The molecule has 106 valence electrons. The lowest BCUT2D eigenvalue weighted by atomic mass is 10.2. The number of benzene rings is 1. The first-order valence-corrected chi connectivity index (χ1v) is 6.26. The number of nitrogen functional groups attached to an aromatic ring is 1. The number of amides is 1. The van der Waals surface area contributed by atoms with Crippen LogP contribution >= 0.6 is 0 Å². The third-order valence-electron chi connectivity index (χ3n) is 2.79. The number of nitrogens with zero attached hydrogens (tertiary/aromatic N) is 4. The minimum Gasteiger partial charge on any atom is -0.395 e. The Morgan fingerprint density at radius 2 is 2.10 bits per heavy atom. The molecule has 0 radical (unpaired) electrons. The van der Waals surface area contributed by atoms with Gasteiger partial charge >= 0.3 is 0 Å². The average Bonchev–Trinajstić information content (AvgIpc) is 2.85. The molecule has 0 saturated heterocycles. The number of anilines is 1. The van der Waals surface area contributed by atoms with Crippen LogP contribution in [0.15, 0.2) is 36.7 Å². The summed E-state index contributed by atoms with van der Waals surface area (Å²) in [7, 11) is 0. The van der Waals surface area contributed by atoms with Crippen LogP contribution < -0.4 is 5.73 Å². The summed E-state index contributed by atoms with van der Waals surface area (Å²) in [6.07, 6.45) is 1.41. The first kappa shape index (κ1) is 14.0. The summed E-state index contributed by atoms with van der Waals surface area (Å²) in [5, 5.41) is 13.0. The van der Waals surface area contributed by atoms with Gasteiger partial charge in [0.1, 0.15) is 12.9 Å². The Morgan fingerprint density at radius 1 is 1.35 bits per heavy atom. The first-order chi connectivity index (χ1) is 9.69. The van der Waals surface area contributed by atoms with Crippen LogP contribution in [-0.2, 0) is 17.9 Å². The van der Waals surface area contributed by atoms with Crippen LogP contribution in [-0.4, -0.2) is 43.8 Å². The molecule has 1 aromatic heterocycles. The Kier molecular flexibility index (Phi) is 4.67. The second-order valence-electron chi connectivity index (χ2n) is 4.32. The monoisotopic (exact) mass is 275 g/mol. The summed E-state index contributed by atoms with van der Waals surface area (Å²) in [6, 6.07) is 9.61. The molecule has 0 aliphatic heterocycles. The van der Waals surface area contributed by atoms with Gasteiger partial charge in [0, 0.05) is 13.1 Å². The van der Waals surface area contributed by atoms with Crippen LogP contribution in [0.4, 0.5) is 5.95 Å². The Labute approximate surface area is 116 Å². The van der Waals surface area contributed by atoms with Gasteiger partial charge in [0.2, 0.25) is 11.9 Å². The first-order valence-electron chi connectivity index (χ1n) is 6.26. The molecule has 0 spiro atoms. The van der Waals surface area contributed by atoms with E-state index in [9.17, 15) is 4.79 Å². The number of aromatic nitrogens is 3. The highest BCUT2D eigenvalue weighted by Crippen LogP contribution is 2.05. The second-order valence-corrected chi connectivity index (χ2v) is 4.32. The maximum absolute atomic E-state index is 12.2. The minimum absolute atomic E-state index is 0.0526. The molecule has 3 N–H and O–H groups in total. The van der Waals surface area contributed by atoms with Crippen LogP contribution in [0.1, 0.15) is 5.56 Å².